The molecule has 1 aliphatic rings. The summed E-state index contributed by atoms with van der Waals surface area (Å²) in [6.07, 6.45) is 2.54. The maximum absolute atomic E-state index is 12.2. The van der Waals surface area contributed by atoms with Gasteiger partial charge in [-0.25, -0.2) is 4.98 Å². The van der Waals surface area contributed by atoms with E-state index in [-0.39, 0.29) is 18.1 Å². The van der Waals surface area contributed by atoms with Gasteiger partial charge in [0, 0.05) is 19.9 Å². The van der Waals surface area contributed by atoms with Crippen molar-refractivity contribution in [2.24, 2.45) is 0 Å². The number of anilines is 1. The molecule has 2 heterocycles. The number of carbonyl (C=O) groups is 1. The molecule has 2 rings (SSSR count). The molecule has 0 saturated carbocycles. The van der Waals surface area contributed by atoms with Gasteiger partial charge in [0.25, 0.3) is 0 Å². The van der Waals surface area contributed by atoms with E-state index < -0.39 is 0 Å². The molecule has 1 amide bonds. The Morgan fingerprint density at radius 3 is 3.00 bits per heavy atom. The van der Waals surface area contributed by atoms with Crippen LogP contribution in [0.2, 0.25) is 0 Å². The van der Waals surface area contributed by atoms with Crippen LogP contribution in [0, 0.1) is 6.92 Å². The molecule has 5 heteroatoms. The van der Waals surface area contributed by atoms with Gasteiger partial charge in [-0.15, -0.1) is 0 Å². The molecule has 18 heavy (non-hydrogen) atoms. The number of ether oxygens (including phenoxy) is 1. The number of nitrogens with one attached hydrogen (secondary N) is 1. The fourth-order valence-corrected chi connectivity index (χ4v) is 2.25. The lowest BCUT2D eigenvalue weighted by molar-refractivity contribution is -0.120. The van der Waals surface area contributed by atoms with E-state index in [9.17, 15) is 4.79 Å². The Morgan fingerprint density at radius 2 is 2.39 bits per heavy atom. The molecule has 5 nitrogen and oxygen atoms in total. The van der Waals surface area contributed by atoms with Crippen molar-refractivity contribution in [1.82, 2.24) is 9.88 Å². The van der Waals surface area contributed by atoms with Crippen molar-refractivity contribution >= 4 is 11.7 Å². The van der Waals surface area contributed by atoms with Gasteiger partial charge in [-0.3, -0.25) is 9.69 Å². The van der Waals surface area contributed by atoms with Gasteiger partial charge in [-0.2, -0.15) is 0 Å². The van der Waals surface area contributed by atoms with Crippen LogP contribution >= 0.6 is 0 Å². The zero-order valence-corrected chi connectivity index (χ0v) is 11.0. The van der Waals surface area contributed by atoms with Crippen LogP contribution in [0.3, 0.4) is 0 Å². The predicted octanol–water partition coefficient (Wildman–Crippen LogP) is 1.05. The molecule has 0 radical (unpaired) electrons. The highest BCUT2D eigenvalue weighted by atomic mass is 16.5. The summed E-state index contributed by atoms with van der Waals surface area (Å²) in [6.45, 7) is 2.72. The normalized spacial score (nSPS) is 24.2. The van der Waals surface area contributed by atoms with Crippen molar-refractivity contribution in [3.8, 4) is 0 Å². The number of hydrogen-bond acceptors (Lipinski definition) is 4. The highest BCUT2D eigenvalue weighted by molar-refractivity contribution is 5.94. The molecule has 0 bridgehead atoms. The first kappa shape index (κ1) is 13.0. The van der Waals surface area contributed by atoms with E-state index in [1.165, 1.54) is 0 Å². The first-order valence-corrected chi connectivity index (χ1v) is 6.07. The van der Waals surface area contributed by atoms with Crippen molar-refractivity contribution in [3.63, 3.8) is 0 Å². The Kier molecular flexibility index (Phi) is 3.93. The number of aromatic nitrogens is 1. The lowest BCUT2D eigenvalue weighted by atomic mass is 10.2. The highest BCUT2D eigenvalue weighted by Gasteiger charge is 2.34. The molecular weight excluding hydrogens is 230 g/mol. The van der Waals surface area contributed by atoms with Gasteiger partial charge in [-0.1, -0.05) is 6.07 Å². The molecule has 1 saturated heterocycles. The van der Waals surface area contributed by atoms with Gasteiger partial charge < -0.3 is 10.1 Å². The lowest BCUT2D eigenvalue weighted by Gasteiger charge is -2.18. The van der Waals surface area contributed by atoms with Crippen LogP contribution in [-0.2, 0) is 9.53 Å². The number of amides is 1. The standard InChI is InChI=1S/C13H19N3O2/c1-9-5-4-6-14-12(9)15-13(17)11-7-10(18-3)8-16(11)2/h4-6,10-11H,7-8H2,1-3H3,(H,14,15,17)/t10-,11-/m0/s1. The number of nitrogens with zero attached hydrogens (tertiary/aromatic N) is 2. The summed E-state index contributed by atoms with van der Waals surface area (Å²) in [5, 5.41) is 2.88. The Bertz CT molecular complexity index is 436. The summed E-state index contributed by atoms with van der Waals surface area (Å²) in [5.41, 5.74) is 0.967. The summed E-state index contributed by atoms with van der Waals surface area (Å²) in [5.74, 6) is 0.621. The molecule has 1 aromatic rings. The number of aryl methyl sites for hydroxylation is 1. The van der Waals surface area contributed by atoms with Crippen LogP contribution in [0.5, 0.6) is 0 Å². The number of methoxy groups -OCH3 is 1. The molecule has 0 aromatic carbocycles. The monoisotopic (exact) mass is 249 g/mol. The summed E-state index contributed by atoms with van der Waals surface area (Å²) >= 11 is 0. The molecule has 2 atom stereocenters. The van der Waals surface area contributed by atoms with Gasteiger partial charge in [0.15, 0.2) is 0 Å². The van der Waals surface area contributed by atoms with E-state index in [0.717, 1.165) is 18.5 Å². The number of likely N-dealkylation sites (tertiary alicyclic amines) is 1. The Morgan fingerprint density at radius 1 is 1.61 bits per heavy atom. The number of hydrogen-bond donors (Lipinski definition) is 1. The SMILES string of the molecule is CO[C@H]1C[C@@H](C(=O)Nc2ncccc2C)N(C)C1. The Balaban J connectivity index is 2.03. The van der Waals surface area contributed by atoms with E-state index in [1.54, 1.807) is 13.3 Å². The summed E-state index contributed by atoms with van der Waals surface area (Å²) in [7, 11) is 3.62. The third-order valence-electron chi connectivity index (χ3n) is 3.40. The minimum atomic E-state index is -0.142. The predicted molar refractivity (Wildman–Crippen MR) is 69.4 cm³/mol. The lowest BCUT2D eigenvalue weighted by Crippen LogP contribution is -2.37. The largest absolute Gasteiger partial charge is 0.380 e. The average molecular weight is 249 g/mol. The molecule has 0 unspecified atom stereocenters. The quantitative estimate of drug-likeness (QED) is 0.870. The fourth-order valence-electron chi connectivity index (χ4n) is 2.25. The van der Waals surface area contributed by atoms with Gasteiger partial charge in [-0.05, 0) is 32.0 Å². The first-order chi connectivity index (χ1) is 8.61. The number of carbonyl (C=O) groups excluding carboxylic acids is 1. The number of pyridine rings is 1. The smallest absolute Gasteiger partial charge is 0.242 e. The summed E-state index contributed by atoms with van der Waals surface area (Å²) < 4.78 is 5.30. The fraction of sp³-hybridized carbons (Fsp3) is 0.538. The third kappa shape index (κ3) is 2.68. The van der Waals surface area contributed by atoms with E-state index >= 15 is 0 Å². The third-order valence-corrected chi connectivity index (χ3v) is 3.40. The van der Waals surface area contributed by atoms with Crippen LogP contribution in [0.25, 0.3) is 0 Å². The molecule has 1 aliphatic heterocycles. The Hall–Kier alpha value is -1.46. The van der Waals surface area contributed by atoms with Crippen LogP contribution in [0.15, 0.2) is 18.3 Å². The maximum atomic E-state index is 12.2. The van der Waals surface area contributed by atoms with E-state index in [2.05, 4.69) is 10.3 Å². The molecule has 1 N–H and O–H groups in total. The zero-order chi connectivity index (χ0) is 13.1. The number of likely N-dealkylation sites (N-methyl/N-ethyl adjacent to an activating group) is 1. The molecule has 98 valence electrons. The molecule has 1 aromatic heterocycles. The minimum absolute atomic E-state index is 0.0150. The van der Waals surface area contributed by atoms with Gasteiger partial charge in [0.2, 0.25) is 5.91 Å². The van der Waals surface area contributed by atoms with Crippen molar-refractivity contribution in [2.45, 2.75) is 25.5 Å². The van der Waals surface area contributed by atoms with Gasteiger partial charge in [0.05, 0.1) is 12.1 Å². The first-order valence-electron chi connectivity index (χ1n) is 6.07. The van der Waals surface area contributed by atoms with Crippen LogP contribution in [0.1, 0.15) is 12.0 Å². The topological polar surface area (TPSA) is 54.5 Å². The van der Waals surface area contributed by atoms with E-state index in [0.29, 0.717) is 5.82 Å². The summed E-state index contributed by atoms with van der Waals surface area (Å²) in [4.78, 5) is 18.4. The molecule has 0 aliphatic carbocycles. The minimum Gasteiger partial charge on any atom is -0.380 e. The Labute approximate surface area is 107 Å². The molecule has 1 fully saturated rings. The second-order valence-corrected chi connectivity index (χ2v) is 4.71. The average Bonchev–Trinajstić information content (AvgIpc) is 2.73. The second-order valence-electron chi connectivity index (χ2n) is 4.71. The zero-order valence-electron chi connectivity index (χ0n) is 11.0. The van der Waals surface area contributed by atoms with Crippen molar-refractivity contribution in [3.05, 3.63) is 23.9 Å². The van der Waals surface area contributed by atoms with E-state index in [4.69, 9.17) is 4.74 Å². The molecule has 0 spiro atoms. The van der Waals surface area contributed by atoms with Crippen molar-refractivity contribution < 1.29 is 9.53 Å². The number of rotatable bonds is 3. The van der Waals surface area contributed by atoms with Gasteiger partial charge >= 0.3 is 0 Å². The van der Waals surface area contributed by atoms with Crippen LogP contribution in [-0.4, -0.2) is 48.6 Å². The second kappa shape index (κ2) is 5.46. The van der Waals surface area contributed by atoms with Crippen molar-refractivity contribution in [2.75, 3.05) is 26.0 Å². The van der Waals surface area contributed by atoms with Crippen LogP contribution in [0.4, 0.5) is 5.82 Å². The maximum Gasteiger partial charge on any atom is 0.242 e. The summed E-state index contributed by atoms with van der Waals surface area (Å²) in [6, 6.07) is 3.64. The van der Waals surface area contributed by atoms with Crippen LogP contribution < -0.4 is 5.32 Å². The van der Waals surface area contributed by atoms with Gasteiger partial charge in [0.1, 0.15) is 5.82 Å². The highest BCUT2D eigenvalue weighted by Crippen LogP contribution is 2.20. The van der Waals surface area contributed by atoms with E-state index in [1.807, 2.05) is 31.0 Å². The molecular formula is C13H19N3O2. The van der Waals surface area contributed by atoms with Crippen molar-refractivity contribution in [1.29, 1.82) is 0 Å².